The highest BCUT2D eigenvalue weighted by Gasteiger charge is 2.62. The molecule has 2 aliphatic carbocycles. The van der Waals surface area contributed by atoms with E-state index in [1.54, 1.807) is 27.0 Å². The number of carbonyl (C=O) groups excluding carboxylic acids is 4. The van der Waals surface area contributed by atoms with Crippen LogP contribution in [0.3, 0.4) is 0 Å². The van der Waals surface area contributed by atoms with Gasteiger partial charge in [-0.05, 0) is 47.6 Å². The molecule has 1 saturated heterocycles. The number of carbonyl (C=O) groups is 4. The van der Waals surface area contributed by atoms with Gasteiger partial charge in [0.1, 0.15) is 23.7 Å². The van der Waals surface area contributed by atoms with Crippen LogP contribution in [0.2, 0.25) is 0 Å². The van der Waals surface area contributed by atoms with Gasteiger partial charge in [0.25, 0.3) is 5.91 Å². The molecule has 5 unspecified atom stereocenters. The molecule has 13 nitrogen and oxygen atoms in total. The predicted octanol–water partition coefficient (Wildman–Crippen LogP) is 3.44. The molecule has 1 aromatic carbocycles. The largest absolute Gasteiger partial charge is 0.472 e. The van der Waals surface area contributed by atoms with Gasteiger partial charge in [0.2, 0.25) is 27.7 Å². The molecule has 0 bridgehead atoms. The van der Waals surface area contributed by atoms with Gasteiger partial charge in [-0.1, -0.05) is 65.8 Å². The van der Waals surface area contributed by atoms with E-state index in [9.17, 15) is 27.6 Å². The van der Waals surface area contributed by atoms with Crippen molar-refractivity contribution in [3.63, 3.8) is 0 Å². The first-order valence-corrected chi connectivity index (χ1v) is 18.1. The average molecular weight is 698 g/mol. The molecule has 14 heteroatoms. The molecule has 2 saturated carbocycles. The molecule has 3 aliphatic rings. The lowest BCUT2D eigenvalue weighted by Crippen LogP contribution is -2.60. The smallest absolute Gasteiger partial charge is 0.407 e. The number of hydrogen-bond acceptors (Lipinski definition) is 9. The topological polar surface area (TPSA) is 173 Å². The fourth-order valence-corrected chi connectivity index (χ4v) is 7.36. The molecule has 3 fully saturated rings. The maximum atomic E-state index is 14.4. The van der Waals surface area contributed by atoms with Crippen molar-refractivity contribution in [2.45, 2.75) is 96.2 Å². The minimum absolute atomic E-state index is 0.0206. The van der Waals surface area contributed by atoms with Crippen molar-refractivity contribution in [3.05, 3.63) is 49.2 Å². The van der Waals surface area contributed by atoms with E-state index >= 15 is 0 Å². The maximum Gasteiger partial charge on any atom is 0.407 e. The molecule has 0 spiro atoms. The first-order valence-electron chi connectivity index (χ1n) is 16.6. The van der Waals surface area contributed by atoms with E-state index in [4.69, 9.17) is 9.47 Å². The van der Waals surface area contributed by atoms with Crippen molar-refractivity contribution in [1.29, 1.82) is 0 Å². The SMILES string of the molecule is C=CC1CC1(NC(=O)C1CC(Oc2nccc3ccccc23)CN1C(=O)C(NC(=O)OCC(C)(C)C)C(C)(C)C)C(=O)NS(=O)(=O)C1CC1. The molecule has 2 aromatic rings. The molecule has 49 heavy (non-hydrogen) atoms. The molecule has 5 atom stereocenters. The number of sulfonamides is 1. The highest BCUT2D eigenvalue weighted by Crippen LogP contribution is 2.45. The summed E-state index contributed by atoms with van der Waals surface area (Å²) in [6.45, 7) is 15.0. The zero-order chi connectivity index (χ0) is 35.9. The molecule has 266 valence electrons. The predicted molar refractivity (Wildman–Crippen MR) is 183 cm³/mol. The zero-order valence-electron chi connectivity index (χ0n) is 28.9. The van der Waals surface area contributed by atoms with Crippen LogP contribution in [-0.2, 0) is 29.1 Å². The second-order valence-corrected chi connectivity index (χ2v) is 17.5. The van der Waals surface area contributed by atoms with Crippen LogP contribution in [0.1, 0.15) is 67.2 Å². The lowest BCUT2D eigenvalue weighted by atomic mass is 9.85. The summed E-state index contributed by atoms with van der Waals surface area (Å²) in [5.74, 6) is -2.20. The highest BCUT2D eigenvalue weighted by atomic mass is 32.2. The number of benzene rings is 1. The fourth-order valence-electron chi connectivity index (χ4n) is 5.99. The lowest BCUT2D eigenvalue weighted by Gasteiger charge is -2.35. The number of alkyl carbamates (subject to hydrolysis) is 1. The zero-order valence-corrected chi connectivity index (χ0v) is 29.8. The van der Waals surface area contributed by atoms with E-state index in [1.165, 1.54) is 11.0 Å². The van der Waals surface area contributed by atoms with Crippen LogP contribution in [0.5, 0.6) is 5.88 Å². The maximum absolute atomic E-state index is 14.4. The van der Waals surface area contributed by atoms with E-state index < -0.39 is 74.1 Å². The Kier molecular flexibility index (Phi) is 9.76. The molecular formula is C35H47N5O8S. The van der Waals surface area contributed by atoms with Gasteiger partial charge in [0.15, 0.2) is 0 Å². The minimum Gasteiger partial charge on any atom is -0.472 e. The van der Waals surface area contributed by atoms with Crippen LogP contribution < -0.4 is 20.1 Å². The number of likely N-dealkylation sites (tertiary alicyclic amines) is 1. The minimum atomic E-state index is -3.88. The molecule has 0 radical (unpaired) electrons. The number of pyridine rings is 1. The second-order valence-electron chi connectivity index (χ2n) is 15.6. The first-order chi connectivity index (χ1) is 22.8. The van der Waals surface area contributed by atoms with Gasteiger partial charge in [-0.25, -0.2) is 18.2 Å². The van der Waals surface area contributed by atoms with Gasteiger partial charge in [-0.15, -0.1) is 6.58 Å². The number of hydrogen-bond donors (Lipinski definition) is 3. The third kappa shape index (κ3) is 8.17. The van der Waals surface area contributed by atoms with Crippen LogP contribution in [-0.4, -0.2) is 84.2 Å². The van der Waals surface area contributed by atoms with Gasteiger partial charge in [-0.3, -0.25) is 19.1 Å². The van der Waals surface area contributed by atoms with Crippen LogP contribution in [0, 0.1) is 16.7 Å². The van der Waals surface area contributed by atoms with Crippen molar-refractivity contribution >= 4 is 44.6 Å². The first kappa shape index (κ1) is 36.1. The fraction of sp³-hybridized carbons (Fsp3) is 0.571. The molecule has 3 N–H and O–H groups in total. The summed E-state index contributed by atoms with van der Waals surface area (Å²) in [5, 5.41) is 6.51. The van der Waals surface area contributed by atoms with E-state index in [2.05, 4.69) is 26.9 Å². The van der Waals surface area contributed by atoms with Crippen molar-refractivity contribution < 1.29 is 37.1 Å². The van der Waals surface area contributed by atoms with Gasteiger partial charge >= 0.3 is 6.09 Å². The Bertz CT molecular complexity index is 1740. The molecule has 2 heterocycles. The Morgan fingerprint density at radius 1 is 1.10 bits per heavy atom. The van der Waals surface area contributed by atoms with E-state index in [-0.39, 0.29) is 31.4 Å². The molecular weight excluding hydrogens is 650 g/mol. The van der Waals surface area contributed by atoms with Crippen LogP contribution in [0.25, 0.3) is 10.8 Å². The Morgan fingerprint density at radius 2 is 1.80 bits per heavy atom. The quantitative estimate of drug-likeness (QED) is 0.298. The normalized spacial score (nSPS) is 24.4. The molecule has 1 aromatic heterocycles. The molecule has 1 aliphatic heterocycles. The Labute approximate surface area is 287 Å². The van der Waals surface area contributed by atoms with E-state index in [0.29, 0.717) is 18.7 Å². The summed E-state index contributed by atoms with van der Waals surface area (Å²) >= 11 is 0. The number of nitrogens with zero attached hydrogens (tertiary/aromatic N) is 2. The summed E-state index contributed by atoms with van der Waals surface area (Å²) in [4.78, 5) is 60.6. The number of aromatic nitrogens is 1. The summed E-state index contributed by atoms with van der Waals surface area (Å²) in [5.41, 5.74) is -2.63. The van der Waals surface area contributed by atoms with Crippen molar-refractivity contribution in [3.8, 4) is 5.88 Å². The molecule has 5 rings (SSSR count). The van der Waals surface area contributed by atoms with Crippen LogP contribution in [0.4, 0.5) is 4.79 Å². The van der Waals surface area contributed by atoms with Gasteiger partial charge in [0.05, 0.1) is 18.4 Å². The number of nitrogens with one attached hydrogen (secondary N) is 3. The number of fused-ring (bicyclic) bond motifs is 1. The third-order valence-electron chi connectivity index (χ3n) is 9.02. The van der Waals surface area contributed by atoms with Crippen LogP contribution in [0.15, 0.2) is 49.2 Å². The van der Waals surface area contributed by atoms with Crippen molar-refractivity contribution in [1.82, 2.24) is 25.2 Å². The Morgan fingerprint density at radius 3 is 2.41 bits per heavy atom. The summed E-state index contributed by atoms with van der Waals surface area (Å²) in [6, 6.07) is 7.17. The van der Waals surface area contributed by atoms with Crippen LogP contribution >= 0.6 is 0 Å². The second kappa shape index (κ2) is 13.3. The summed E-state index contributed by atoms with van der Waals surface area (Å²) in [7, 11) is -3.88. The van der Waals surface area contributed by atoms with E-state index in [1.807, 2.05) is 51.1 Å². The number of rotatable bonds is 11. The lowest BCUT2D eigenvalue weighted by molar-refractivity contribution is -0.142. The van der Waals surface area contributed by atoms with Gasteiger partial charge in [-0.2, -0.15) is 0 Å². The van der Waals surface area contributed by atoms with E-state index in [0.717, 1.165) is 10.8 Å². The Balaban J connectivity index is 1.42. The van der Waals surface area contributed by atoms with Crippen molar-refractivity contribution in [2.75, 3.05) is 13.2 Å². The number of amides is 4. The highest BCUT2D eigenvalue weighted by molar-refractivity contribution is 7.91. The molecule has 4 amide bonds. The van der Waals surface area contributed by atoms with Gasteiger partial charge < -0.3 is 25.0 Å². The number of ether oxygens (including phenoxy) is 2. The average Bonchev–Trinajstić information content (AvgIpc) is 3.94. The standard InChI is InChI=1S/C35H47N5O8S/c1-8-22-18-35(22,31(43)39-49(45,46)24-13-14-24)38-28(41)26-17-23(48-29-25-12-10-9-11-21(25)15-16-36-29)19-40(26)30(42)27(34(5,6)7)37-32(44)47-20-33(2,3)4/h8-12,15-16,22-24,26-27H,1,13-14,17-20H2,2-7H3,(H,37,44)(H,38,41)(H,39,43). The van der Waals surface area contributed by atoms with Crippen molar-refractivity contribution in [2.24, 2.45) is 16.7 Å². The summed E-state index contributed by atoms with van der Waals surface area (Å²) < 4.78 is 39.2. The van der Waals surface area contributed by atoms with Gasteiger partial charge in [0, 0.05) is 23.9 Å². The summed E-state index contributed by atoms with van der Waals surface area (Å²) in [6.07, 6.45) is 2.80. The third-order valence-corrected chi connectivity index (χ3v) is 10.8. The Hall–Kier alpha value is -4.20. The monoisotopic (exact) mass is 697 g/mol.